The van der Waals surface area contributed by atoms with E-state index in [9.17, 15) is 4.79 Å². The van der Waals surface area contributed by atoms with E-state index in [0.717, 1.165) is 45.3 Å². The maximum Gasteiger partial charge on any atom is 0.255 e. The Morgan fingerprint density at radius 3 is 2.48 bits per heavy atom. The first-order valence-electron chi connectivity index (χ1n) is 9.37. The van der Waals surface area contributed by atoms with Crippen LogP contribution in [0.2, 0.25) is 0 Å². The van der Waals surface area contributed by atoms with Crippen molar-refractivity contribution in [3.05, 3.63) is 29.8 Å². The third-order valence-corrected chi connectivity index (χ3v) is 4.27. The van der Waals surface area contributed by atoms with Gasteiger partial charge in [-0.15, -0.1) is 12.4 Å². The molecule has 0 spiro atoms. The minimum Gasteiger partial charge on any atom is -0.493 e. The molecule has 5 heteroatoms. The summed E-state index contributed by atoms with van der Waals surface area (Å²) >= 11 is 0. The zero-order valence-corrected chi connectivity index (χ0v) is 17.0. The number of benzene rings is 1. The average molecular weight is 371 g/mol. The van der Waals surface area contributed by atoms with E-state index in [1.54, 1.807) is 0 Å². The molecule has 1 aromatic rings. The van der Waals surface area contributed by atoms with E-state index in [1.807, 2.05) is 24.3 Å². The second-order valence-electron chi connectivity index (χ2n) is 6.24. The van der Waals surface area contributed by atoms with Crippen molar-refractivity contribution in [2.75, 3.05) is 26.2 Å². The Balaban J connectivity index is 0.00000576. The van der Waals surface area contributed by atoms with Crippen LogP contribution < -0.4 is 10.1 Å². The zero-order chi connectivity index (χ0) is 17.8. The van der Waals surface area contributed by atoms with Crippen LogP contribution in [0.5, 0.6) is 5.75 Å². The zero-order valence-electron chi connectivity index (χ0n) is 16.2. The van der Waals surface area contributed by atoms with Gasteiger partial charge in [0.2, 0.25) is 0 Å². The van der Waals surface area contributed by atoms with E-state index < -0.39 is 0 Å². The Kier molecular flexibility index (Phi) is 13.3. The van der Waals surface area contributed by atoms with Gasteiger partial charge < -0.3 is 15.0 Å². The van der Waals surface area contributed by atoms with E-state index in [0.29, 0.717) is 17.9 Å². The van der Waals surface area contributed by atoms with E-state index >= 15 is 0 Å². The normalized spacial score (nSPS) is 11.7. The van der Waals surface area contributed by atoms with Gasteiger partial charge in [0.15, 0.2) is 0 Å². The number of nitrogens with zero attached hydrogens (tertiary/aromatic N) is 1. The summed E-state index contributed by atoms with van der Waals surface area (Å²) in [6, 6.07) is 7.66. The molecule has 1 atom stereocenters. The van der Waals surface area contributed by atoms with Gasteiger partial charge in [0.05, 0.1) is 12.2 Å². The van der Waals surface area contributed by atoms with Gasteiger partial charge in [-0.3, -0.25) is 4.79 Å². The second-order valence-corrected chi connectivity index (χ2v) is 6.24. The van der Waals surface area contributed by atoms with Gasteiger partial charge in [0.25, 0.3) is 5.91 Å². The van der Waals surface area contributed by atoms with E-state index in [2.05, 4.69) is 37.9 Å². The molecule has 0 fully saturated rings. The average Bonchev–Trinajstić information content (AvgIpc) is 2.59. The molecule has 1 unspecified atom stereocenters. The molecule has 25 heavy (non-hydrogen) atoms. The van der Waals surface area contributed by atoms with Gasteiger partial charge in [-0.1, -0.05) is 39.3 Å². The number of amides is 1. The van der Waals surface area contributed by atoms with Crippen LogP contribution in [0, 0.1) is 0 Å². The van der Waals surface area contributed by atoms with Crippen LogP contribution in [0.1, 0.15) is 63.7 Å². The lowest BCUT2D eigenvalue weighted by Gasteiger charge is -2.20. The van der Waals surface area contributed by atoms with Crippen LogP contribution in [-0.2, 0) is 0 Å². The molecule has 0 aliphatic carbocycles. The molecule has 0 heterocycles. The molecule has 0 bridgehead atoms. The van der Waals surface area contributed by atoms with E-state index in [1.165, 1.54) is 0 Å². The quantitative estimate of drug-likeness (QED) is 0.549. The SMILES string of the molecule is CCCCOc1ccccc1C(=O)NC(C)CCCN(CC)CC.Cl. The Hall–Kier alpha value is -1.26. The van der Waals surface area contributed by atoms with Crippen molar-refractivity contribution in [1.29, 1.82) is 0 Å². The van der Waals surface area contributed by atoms with E-state index in [4.69, 9.17) is 4.74 Å². The second kappa shape index (κ2) is 14.0. The fraction of sp³-hybridized carbons (Fsp3) is 0.650. The Labute approximate surface area is 159 Å². The van der Waals surface area contributed by atoms with E-state index in [-0.39, 0.29) is 24.4 Å². The van der Waals surface area contributed by atoms with Crippen molar-refractivity contribution >= 4 is 18.3 Å². The molecule has 0 aliphatic rings. The van der Waals surface area contributed by atoms with Gasteiger partial charge >= 0.3 is 0 Å². The number of halogens is 1. The van der Waals surface area contributed by atoms with Crippen molar-refractivity contribution in [3.63, 3.8) is 0 Å². The van der Waals surface area contributed by atoms with Crippen LogP contribution in [0.25, 0.3) is 0 Å². The highest BCUT2D eigenvalue weighted by Gasteiger charge is 2.14. The lowest BCUT2D eigenvalue weighted by atomic mass is 10.1. The summed E-state index contributed by atoms with van der Waals surface area (Å²) < 4.78 is 5.75. The van der Waals surface area contributed by atoms with Gasteiger partial charge in [0, 0.05) is 6.04 Å². The summed E-state index contributed by atoms with van der Waals surface area (Å²) in [5.74, 6) is 0.635. The van der Waals surface area contributed by atoms with Crippen molar-refractivity contribution in [1.82, 2.24) is 10.2 Å². The first-order chi connectivity index (χ1) is 11.6. The van der Waals surface area contributed by atoms with Gasteiger partial charge in [-0.25, -0.2) is 0 Å². The van der Waals surface area contributed by atoms with Gasteiger partial charge in [-0.05, 0) is 58.0 Å². The lowest BCUT2D eigenvalue weighted by molar-refractivity contribution is 0.0933. The molecule has 1 amide bonds. The van der Waals surface area contributed by atoms with Crippen molar-refractivity contribution in [2.24, 2.45) is 0 Å². The maximum absolute atomic E-state index is 12.5. The smallest absolute Gasteiger partial charge is 0.255 e. The molecular formula is C20H35ClN2O2. The number of ether oxygens (including phenoxy) is 1. The highest BCUT2D eigenvalue weighted by molar-refractivity contribution is 5.97. The molecule has 0 saturated carbocycles. The first-order valence-corrected chi connectivity index (χ1v) is 9.37. The van der Waals surface area contributed by atoms with Gasteiger partial charge in [-0.2, -0.15) is 0 Å². The summed E-state index contributed by atoms with van der Waals surface area (Å²) in [4.78, 5) is 14.9. The molecule has 1 rings (SSSR count). The third-order valence-electron chi connectivity index (χ3n) is 4.27. The first kappa shape index (κ1) is 23.7. The number of rotatable bonds is 12. The molecule has 0 aromatic heterocycles. The van der Waals surface area contributed by atoms with Crippen LogP contribution in [-0.4, -0.2) is 43.1 Å². The van der Waals surface area contributed by atoms with Crippen LogP contribution >= 0.6 is 12.4 Å². The molecular weight excluding hydrogens is 336 g/mol. The lowest BCUT2D eigenvalue weighted by Crippen LogP contribution is -2.34. The van der Waals surface area contributed by atoms with Crippen LogP contribution in [0.3, 0.4) is 0 Å². The number of nitrogens with one attached hydrogen (secondary N) is 1. The summed E-state index contributed by atoms with van der Waals surface area (Å²) in [7, 11) is 0. The molecule has 0 radical (unpaired) electrons. The number of carbonyl (C=O) groups is 1. The number of hydrogen-bond acceptors (Lipinski definition) is 3. The summed E-state index contributed by atoms with van der Waals surface area (Å²) in [5.41, 5.74) is 0.629. The summed E-state index contributed by atoms with van der Waals surface area (Å²) in [6.45, 7) is 12.5. The molecule has 1 aromatic carbocycles. The largest absolute Gasteiger partial charge is 0.493 e. The monoisotopic (exact) mass is 370 g/mol. The maximum atomic E-state index is 12.5. The number of carbonyl (C=O) groups excluding carboxylic acids is 1. The molecule has 1 N–H and O–H groups in total. The van der Waals surface area contributed by atoms with Crippen molar-refractivity contribution in [3.8, 4) is 5.75 Å². The van der Waals surface area contributed by atoms with Gasteiger partial charge in [0.1, 0.15) is 5.75 Å². The Bertz CT molecular complexity index is 479. The summed E-state index contributed by atoms with van der Waals surface area (Å²) in [6.07, 6.45) is 4.16. The molecule has 0 aliphatic heterocycles. The predicted molar refractivity (Wildman–Crippen MR) is 108 cm³/mol. The predicted octanol–water partition coefficient (Wildman–Crippen LogP) is 4.53. The standard InChI is InChI=1S/C20H34N2O2.ClH/c1-5-8-16-24-19-14-10-9-13-18(19)20(23)21-17(4)12-11-15-22(6-2)7-3;/h9-10,13-14,17H,5-8,11-12,15-16H2,1-4H3,(H,21,23);1H. The molecule has 0 saturated heterocycles. The molecule has 4 nitrogen and oxygen atoms in total. The fourth-order valence-corrected chi connectivity index (χ4v) is 2.64. The van der Waals surface area contributed by atoms with Crippen molar-refractivity contribution in [2.45, 2.75) is 59.4 Å². The number of unbranched alkanes of at least 4 members (excludes halogenated alkanes) is 1. The third kappa shape index (κ3) is 9.13. The molecule has 144 valence electrons. The highest BCUT2D eigenvalue weighted by atomic mass is 35.5. The van der Waals surface area contributed by atoms with Crippen molar-refractivity contribution < 1.29 is 9.53 Å². The topological polar surface area (TPSA) is 41.6 Å². The highest BCUT2D eigenvalue weighted by Crippen LogP contribution is 2.18. The number of para-hydroxylation sites is 1. The Morgan fingerprint density at radius 2 is 1.84 bits per heavy atom. The Morgan fingerprint density at radius 1 is 1.16 bits per heavy atom. The van der Waals surface area contributed by atoms with Crippen LogP contribution in [0.15, 0.2) is 24.3 Å². The minimum absolute atomic E-state index is 0. The number of hydrogen-bond donors (Lipinski definition) is 1. The summed E-state index contributed by atoms with van der Waals surface area (Å²) in [5, 5.41) is 3.10. The fourth-order valence-electron chi connectivity index (χ4n) is 2.64. The van der Waals surface area contributed by atoms with Crippen LogP contribution in [0.4, 0.5) is 0 Å². The minimum atomic E-state index is -0.0440.